The normalized spacial score (nSPS) is 10.9. The van der Waals surface area contributed by atoms with Crippen LogP contribution in [0.25, 0.3) is 0 Å². The van der Waals surface area contributed by atoms with Gasteiger partial charge in [0.2, 0.25) is 0 Å². The summed E-state index contributed by atoms with van der Waals surface area (Å²) in [4.78, 5) is 12.6. The van der Waals surface area contributed by atoms with E-state index in [2.05, 4.69) is 29.2 Å². The number of anilines is 1. The summed E-state index contributed by atoms with van der Waals surface area (Å²) in [6.45, 7) is 0. The van der Waals surface area contributed by atoms with Gasteiger partial charge in [0, 0.05) is 25.5 Å². The molecular weight excluding hydrogens is 319 g/mol. The van der Waals surface area contributed by atoms with Gasteiger partial charge in [-0.05, 0) is 29.9 Å². The molecular formula is C13H22Cl2N2O2S. The number of nitrogens with zero attached hydrogens (tertiary/aromatic N) is 1. The molecule has 0 fully saturated rings. The summed E-state index contributed by atoms with van der Waals surface area (Å²) in [7, 11) is 4.02. The van der Waals surface area contributed by atoms with Gasteiger partial charge in [-0.2, -0.15) is 11.8 Å². The van der Waals surface area contributed by atoms with Crippen LogP contribution in [0.15, 0.2) is 24.3 Å². The van der Waals surface area contributed by atoms with Gasteiger partial charge < -0.3 is 15.7 Å². The van der Waals surface area contributed by atoms with Gasteiger partial charge in [0.25, 0.3) is 0 Å². The second-order valence-electron chi connectivity index (χ2n) is 4.35. The lowest BCUT2D eigenvalue weighted by molar-refractivity contribution is -0.138. The molecule has 0 aliphatic heterocycles. The summed E-state index contributed by atoms with van der Waals surface area (Å²) in [6.07, 6.45) is 0.510. The van der Waals surface area contributed by atoms with Crippen LogP contribution in [0.2, 0.25) is 0 Å². The van der Waals surface area contributed by atoms with Crippen molar-refractivity contribution in [3.8, 4) is 0 Å². The zero-order chi connectivity index (χ0) is 13.5. The predicted molar refractivity (Wildman–Crippen MR) is 91.7 cm³/mol. The number of halogens is 2. The molecule has 3 N–H and O–H groups in total. The smallest absolute Gasteiger partial charge is 0.320 e. The van der Waals surface area contributed by atoms with Gasteiger partial charge in [0.1, 0.15) is 6.04 Å². The maximum atomic E-state index is 10.5. The van der Waals surface area contributed by atoms with Crippen LogP contribution in [0.5, 0.6) is 0 Å². The Morgan fingerprint density at radius 3 is 2.30 bits per heavy atom. The van der Waals surface area contributed by atoms with E-state index >= 15 is 0 Å². The Balaban J connectivity index is 0. The molecule has 0 amide bonds. The third kappa shape index (κ3) is 7.85. The van der Waals surface area contributed by atoms with Crippen LogP contribution in [0.3, 0.4) is 0 Å². The summed E-state index contributed by atoms with van der Waals surface area (Å²) in [5.41, 5.74) is 7.85. The number of thioether (sulfide) groups is 1. The van der Waals surface area contributed by atoms with E-state index < -0.39 is 12.0 Å². The number of aliphatic carboxylic acids is 1. The van der Waals surface area contributed by atoms with Gasteiger partial charge in [-0.3, -0.25) is 4.79 Å². The van der Waals surface area contributed by atoms with E-state index in [1.165, 1.54) is 11.3 Å². The van der Waals surface area contributed by atoms with Crippen molar-refractivity contribution in [2.75, 3.05) is 24.7 Å². The lowest BCUT2D eigenvalue weighted by Gasteiger charge is -2.12. The van der Waals surface area contributed by atoms with Crippen LogP contribution in [0, 0.1) is 0 Å². The first-order valence-electron chi connectivity index (χ1n) is 5.83. The van der Waals surface area contributed by atoms with E-state index in [0.29, 0.717) is 6.42 Å². The average Bonchev–Trinajstić information content (AvgIpc) is 2.34. The average molecular weight is 341 g/mol. The second-order valence-corrected chi connectivity index (χ2v) is 5.45. The van der Waals surface area contributed by atoms with E-state index in [1.54, 1.807) is 11.8 Å². The van der Waals surface area contributed by atoms with Gasteiger partial charge in [-0.1, -0.05) is 12.1 Å². The van der Waals surface area contributed by atoms with Crippen molar-refractivity contribution in [3.63, 3.8) is 0 Å². The van der Waals surface area contributed by atoms with Gasteiger partial charge in [0.05, 0.1) is 0 Å². The second kappa shape index (κ2) is 11.1. The molecule has 116 valence electrons. The van der Waals surface area contributed by atoms with Crippen LogP contribution >= 0.6 is 36.6 Å². The molecule has 7 heteroatoms. The first-order valence-corrected chi connectivity index (χ1v) is 6.98. The third-order valence-corrected chi connectivity index (χ3v) is 3.67. The monoisotopic (exact) mass is 340 g/mol. The van der Waals surface area contributed by atoms with Crippen molar-refractivity contribution in [2.45, 2.75) is 18.2 Å². The number of carbonyl (C=O) groups is 1. The molecule has 1 atom stereocenters. The van der Waals surface area contributed by atoms with E-state index in [-0.39, 0.29) is 24.8 Å². The van der Waals surface area contributed by atoms with E-state index in [4.69, 9.17) is 10.8 Å². The van der Waals surface area contributed by atoms with Crippen molar-refractivity contribution in [1.82, 2.24) is 0 Å². The minimum Gasteiger partial charge on any atom is -0.480 e. The quantitative estimate of drug-likeness (QED) is 0.747. The molecule has 1 rings (SSSR count). The standard InChI is InChI=1S/C13H20N2O2S.2ClH/c1-15(2)11-5-3-10(4-6-11)9-18-8-7-12(14)13(16)17;;/h3-6,12H,7-9,14H2,1-2H3,(H,16,17);2*1H/t12-;;/m0../s1. The summed E-state index contributed by atoms with van der Waals surface area (Å²) < 4.78 is 0. The minimum absolute atomic E-state index is 0. The summed E-state index contributed by atoms with van der Waals surface area (Å²) in [6, 6.07) is 7.62. The van der Waals surface area contributed by atoms with Crippen LogP contribution in [-0.4, -0.2) is 37.0 Å². The molecule has 0 bridgehead atoms. The Bertz CT molecular complexity index is 388. The molecule has 0 saturated heterocycles. The highest BCUT2D eigenvalue weighted by Gasteiger charge is 2.10. The Morgan fingerprint density at radius 1 is 1.30 bits per heavy atom. The van der Waals surface area contributed by atoms with Crippen molar-refractivity contribution in [2.24, 2.45) is 5.73 Å². The van der Waals surface area contributed by atoms with Crippen LogP contribution in [-0.2, 0) is 10.5 Å². The Morgan fingerprint density at radius 2 is 1.85 bits per heavy atom. The van der Waals surface area contributed by atoms with Gasteiger partial charge in [-0.15, -0.1) is 24.8 Å². The topological polar surface area (TPSA) is 66.6 Å². The van der Waals surface area contributed by atoms with Gasteiger partial charge in [0.15, 0.2) is 0 Å². The maximum absolute atomic E-state index is 10.5. The molecule has 4 nitrogen and oxygen atoms in total. The predicted octanol–water partition coefficient (Wildman–Crippen LogP) is 2.63. The lowest BCUT2D eigenvalue weighted by atomic mass is 10.2. The third-order valence-electron chi connectivity index (χ3n) is 2.61. The SMILES string of the molecule is CN(C)c1ccc(CSCC[C@H](N)C(=O)O)cc1.Cl.Cl. The summed E-state index contributed by atoms with van der Waals surface area (Å²) in [5, 5.41) is 8.64. The van der Waals surface area contributed by atoms with Crippen molar-refractivity contribution in [3.05, 3.63) is 29.8 Å². The molecule has 1 aromatic carbocycles. The minimum atomic E-state index is -0.925. The van der Waals surface area contributed by atoms with E-state index in [1.807, 2.05) is 14.1 Å². The molecule has 0 aromatic heterocycles. The number of benzene rings is 1. The fourth-order valence-electron chi connectivity index (χ4n) is 1.41. The Labute approximate surface area is 136 Å². The molecule has 20 heavy (non-hydrogen) atoms. The number of nitrogens with two attached hydrogens (primary N) is 1. The highest BCUT2D eigenvalue weighted by Crippen LogP contribution is 2.17. The van der Waals surface area contributed by atoms with Gasteiger partial charge in [-0.25, -0.2) is 0 Å². The number of rotatable bonds is 7. The molecule has 1 aromatic rings. The van der Waals surface area contributed by atoms with Crippen LogP contribution in [0.1, 0.15) is 12.0 Å². The highest BCUT2D eigenvalue weighted by molar-refractivity contribution is 7.98. The lowest BCUT2D eigenvalue weighted by Crippen LogP contribution is -2.30. The van der Waals surface area contributed by atoms with Crippen molar-refractivity contribution in [1.29, 1.82) is 0 Å². The summed E-state index contributed by atoms with van der Waals surface area (Å²) in [5.74, 6) is 0.731. The summed E-state index contributed by atoms with van der Waals surface area (Å²) >= 11 is 1.71. The van der Waals surface area contributed by atoms with Crippen molar-refractivity contribution >= 4 is 48.2 Å². The Kier molecular flexibility index (Phi) is 12.0. The zero-order valence-electron chi connectivity index (χ0n) is 11.6. The number of hydrogen-bond donors (Lipinski definition) is 2. The molecule has 0 saturated carbocycles. The largest absolute Gasteiger partial charge is 0.480 e. The molecule has 0 unspecified atom stereocenters. The number of carboxylic acid groups (broad SMARTS) is 1. The Hall–Kier alpha value is -0.620. The first kappa shape index (κ1) is 21.7. The number of carboxylic acids is 1. The van der Waals surface area contributed by atoms with Crippen molar-refractivity contribution < 1.29 is 9.90 Å². The maximum Gasteiger partial charge on any atom is 0.320 e. The van der Waals surface area contributed by atoms with E-state index in [0.717, 1.165) is 11.5 Å². The fourth-order valence-corrected chi connectivity index (χ4v) is 2.41. The van der Waals surface area contributed by atoms with Gasteiger partial charge >= 0.3 is 5.97 Å². The number of hydrogen-bond acceptors (Lipinski definition) is 4. The fraction of sp³-hybridized carbons (Fsp3) is 0.462. The molecule has 0 radical (unpaired) electrons. The zero-order valence-corrected chi connectivity index (χ0v) is 14.1. The molecule has 0 aliphatic carbocycles. The van der Waals surface area contributed by atoms with Crippen LogP contribution in [0.4, 0.5) is 5.69 Å². The molecule has 0 aliphatic rings. The highest BCUT2D eigenvalue weighted by atomic mass is 35.5. The first-order chi connectivity index (χ1) is 8.50. The van der Waals surface area contributed by atoms with E-state index in [9.17, 15) is 4.79 Å². The molecule has 0 spiro atoms. The van der Waals surface area contributed by atoms with Crippen LogP contribution < -0.4 is 10.6 Å². The molecule has 0 heterocycles.